The normalized spacial score (nSPS) is 11.8. The zero-order valence-corrected chi connectivity index (χ0v) is 15.9. The topological polar surface area (TPSA) is 102 Å². The Morgan fingerprint density at radius 1 is 1.26 bits per heavy atom. The molecule has 2 N–H and O–H groups in total. The van der Waals surface area contributed by atoms with Crippen molar-refractivity contribution < 1.29 is 24.0 Å². The highest BCUT2D eigenvalue weighted by atomic mass is 16.5. The first-order valence-electron chi connectivity index (χ1n) is 9.06. The summed E-state index contributed by atoms with van der Waals surface area (Å²) < 4.78 is 10.8. The molecule has 0 bridgehead atoms. The van der Waals surface area contributed by atoms with E-state index in [9.17, 15) is 14.7 Å². The molecule has 1 heterocycles. The second kappa shape index (κ2) is 9.75. The average Bonchev–Trinajstić information content (AvgIpc) is 2.96. The van der Waals surface area contributed by atoms with Crippen LogP contribution in [0.4, 0.5) is 0 Å². The summed E-state index contributed by atoms with van der Waals surface area (Å²) >= 11 is 0. The fourth-order valence-corrected chi connectivity index (χ4v) is 2.66. The predicted molar refractivity (Wildman–Crippen MR) is 99.5 cm³/mol. The van der Waals surface area contributed by atoms with Gasteiger partial charge in [0.2, 0.25) is 5.91 Å². The number of rotatable bonds is 10. The lowest BCUT2D eigenvalue weighted by Gasteiger charge is -2.14. The zero-order chi connectivity index (χ0) is 19.8. The third-order valence-corrected chi connectivity index (χ3v) is 4.33. The summed E-state index contributed by atoms with van der Waals surface area (Å²) in [5.41, 5.74) is 2.51. The number of hydrogen-bond donors (Lipinski definition) is 2. The van der Waals surface area contributed by atoms with Crippen LogP contribution in [0, 0.1) is 13.8 Å². The van der Waals surface area contributed by atoms with E-state index in [2.05, 4.69) is 10.5 Å². The molecule has 1 aromatic carbocycles. The predicted octanol–water partition coefficient (Wildman–Crippen LogP) is 3.17. The minimum Gasteiger partial charge on any atom is -0.489 e. The van der Waals surface area contributed by atoms with Crippen molar-refractivity contribution in [3.63, 3.8) is 0 Å². The highest BCUT2D eigenvalue weighted by Gasteiger charge is 2.19. The fourth-order valence-electron chi connectivity index (χ4n) is 2.66. The summed E-state index contributed by atoms with van der Waals surface area (Å²) in [6.45, 7) is 6.04. The first-order chi connectivity index (χ1) is 12.9. The summed E-state index contributed by atoms with van der Waals surface area (Å²) in [6, 6.07) is 6.32. The highest BCUT2D eigenvalue weighted by molar-refractivity contribution is 5.84. The summed E-state index contributed by atoms with van der Waals surface area (Å²) in [6.07, 6.45) is 2.20. The molecule has 0 radical (unpaired) electrons. The second-order valence-electron chi connectivity index (χ2n) is 6.51. The number of carboxylic acids is 1. The molecule has 1 aromatic heterocycles. The van der Waals surface area contributed by atoms with E-state index in [1.807, 2.05) is 20.8 Å². The molecule has 7 nitrogen and oxygen atoms in total. The van der Waals surface area contributed by atoms with Crippen LogP contribution in [0.15, 0.2) is 28.8 Å². The molecular weight excluding hydrogens is 348 g/mol. The SMILES string of the molecule is CCCCC(NC(=O)Cc1ccc(OCc2c(C)noc2C)cc1)C(=O)O. The molecule has 1 unspecified atom stereocenters. The van der Waals surface area contributed by atoms with Crippen molar-refractivity contribution in [2.24, 2.45) is 0 Å². The van der Waals surface area contributed by atoms with Gasteiger partial charge >= 0.3 is 5.97 Å². The van der Waals surface area contributed by atoms with Gasteiger partial charge in [0.1, 0.15) is 24.2 Å². The van der Waals surface area contributed by atoms with Crippen molar-refractivity contribution >= 4 is 11.9 Å². The molecule has 146 valence electrons. The van der Waals surface area contributed by atoms with Crippen LogP contribution in [-0.2, 0) is 22.6 Å². The van der Waals surface area contributed by atoms with Crippen molar-refractivity contribution in [3.05, 3.63) is 46.8 Å². The van der Waals surface area contributed by atoms with Crippen molar-refractivity contribution in [3.8, 4) is 5.75 Å². The molecule has 7 heteroatoms. The minimum atomic E-state index is -1.00. The van der Waals surface area contributed by atoms with Crippen LogP contribution in [0.1, 0.15) is 48.8 Å². The molecule has 27 heavy (non-hydrogen) atoms. The van der Waals surface area contributed by atoms with E-state index in [1.165, 1.54) is 0 Å². The number of aryl methyl sites for hydroxylation is 2. The molecule has 2 rings (SSSR count). The quantitative estimate of drug-likeness (QED) is 0.662. The van der Waals surface area contributed by atoms with Crippen LogP contribution < -0.4 is 10.1 Å². The molecule has 1 atom stereocenters. The number of nitrogens with one attached hydrogen (secondary N) is 1. The van der Waals surface area contributed by atoms with E-state index in [1.54, 1.807) is 24.3 Å². The Morgan fingerprint density at radius 3 is 2.52 bits per heavy atom. The van der Waals surface area contributed by atoms with Crippen molar-refractivity contribution in [2.75, 3.05) is 0 Å². The number of carbonyl (C=O) groups is 2. The van der Waals surface area contributed by atoms with Gasteiger partial charge in [0.15, 0.2) is 0 Å². The summed E-state index contributed by atoms with van der Waals surface area (Å²) in [7, 11) is 0. The Morgan fingerprint density at radius 2 is 1.96 bits per heavy atom. The molecule has 0 aliphatic heterocycles. The number of aromatic nitrogens is 1. The molecule has 0 spiro atoms. The maximum absolute atomic E-state index is 12.1. The van der Waals surface area contributed by atoms with Crippen molar-refractivity contribution in [1.82, 2.24) is 10.5 Å². The van der Waals surface area contributed by atoms with Crippen LogP contribution in [0.2, 0.25) is 0 Å². The van der Waals surface area contributed by atoms with Crippen LogP contribution in [0.5, 0.6) is 5.75 Å². The Balaban J connectivity index is 1.87. The number of ether oxygens (including phenoxy) is 1. The van der Waals surface area contributed by atoms with Crippen LogP contribution in [0.25, 0.3) is 0 Å². The summed E-state index contributed by atoms with van der Waals surface area (Å²) in [5, 5.41) is 15.7. The highest BCUT2D eigenvalue weighted by Crippen LogP contribution is 2.18. The van der Waals surface area contributed by atoms with E-state index < -0.39 is 12.0 Å². The van der Waals surface area contributed by atoms with Gasteiger partial charge in [0.05, 0.1) is 17.7 Å². The zero-order valence-electron chi connectivity index (χ0n) is 15.9. The second-order valence-corrected chi connectivity index (χ2v) is 6.51. The van der Waals surface area contributed by atoms with Gasteiger partial charge in [-0.1, -0.05) is 37.1 Å². The summed E-state index contributed by atoms with van der Waals surface area (Å²) in [4.78, 5) is 23.3. The number of carbonyl (C=O) groups excluding carboxylic acids is 1. The van der Waals surface area contributed by atoms with E-state index in [0.717, 1.165) is 35.4 Å². The van der Waals surface area contributed by atoms with E-state index in [4.69, 9.17) is 9.26 Å². The first kappa shape index (κ1) is 20.5. The summed E-state index contributed by atoms with van der Waals surface area (Å²) in [5.74, 6) is 0.102. The molecule has 2 aromatic rings. The average molecular weight is 374 g/mol. The van der Waals surface area contributed by atoms with Gasteiger partial charge in [-0.2, -0.15) is 0 Å². The Hall–Kier alpha value is -2.83. The smallest absolute Gasteiger partial charge is 0.326 e. The van der Waals surface area contributed by atoms with E-state index in [-0.39, 0.29) is 12.3 Å². The number of benzene rings is 1. The Labute approximate surface area is 158 Å². The third kappa shape index (κ3) is 6.13. The Kier molecular flexibility index (Phi) is 7.40. The molecule has 0 fully saturated rings. The number of carboxylic acid groups (broad SMARTS) is 1. The number of hydrogen-bond acceptors (Lipinski definition) is 5. The number of amides is 1. The first-order valence-corrected chi connectivity index (χ1v) is 9.06. The number of aliphatic carboxylic acids is 1. The molecule has 0 aliphatic carbocycles. The fraction of sp³-hybridized carbons (Fsp3) is 0.450. The standard InChI is InChI=1S/C20H26N2O5/c1-4-5-6-18(20(24)25)21-19(23)11-15-7-9-16(10-8-15)26-12-17-13(2)22-27-14(17)3/h7-10,18H,4-6,11-12H2,1-3H3,(H,21,23)(H,24,25). The molecular formula is C20H26N2O5. The molecule has 1 amide bonds. The van der Waals surface area contributed by atoms with Crippen molar-refractivity contribution in [1.29, 1.82) is 0 Å². The van der Waals surface area contributed by atoms with Crippen LogP contribution >= 0.6 is 0 Å². The van der Waals surface area contributed by atoms with Crippen LogP contribution in [0.3, 0.4) is 0 Å². The van der Waals surface area contributed by atoms with Gasteiger partial charge in [-0.15, -0.1) is 0 Å². The maximum Gasteiger partial charge on any atom is 0.326 e. The van der Waals surface area contributed by atoms with Gasteiger partial charge in [0, 0.05) is 0 Å². The molecule has 0 aliphatic rings. The maximum atomic E-state index is 12.1. The van der Waals surface area contributed by atoms with Crippen LogP contribution in [-0.4, -0.2) is 28.2 Å². The largest absolute Gasteiger partial charge is 0.489 e. The van der Waals surface area contributed by atoms with Gasteiger partial charge < -0.3 is 19.7 Å². The lowest BCUT2D eigenvalue weighted by Crippen LogP contribution is -2.41. The molecule has 0 saturated carbocycles. The number of nitrogens with zero attached hydrogens (tertiary/aromatic N) is 1. The van der Waals surface area contributed by atoms with Gasteiger partial charge in [0.25, 0.3) is 0 Å². The monoisotopic (exact) mass is 374 g/mol. The minimum absolute atomic E-state index is 0.125. The third-order valence-electron chi connectivity index (χ3n) is 4.33. The van der Waals surface area contributed by atoms with Gasteiger partial charge in [-0.25, -0.2) is 4.79 Å². The lowest BCUT2D eigenvalue weighted by molar-refractivity contribution is -0.142. The lowest BCUT2D eigenvalue weighted by atomic mass is 10.1. The van der Waals surface area contributed by atoms with Gasteiger partial charge in [-0.05, 0) is 38.0 Å². The molecule has 0 saturated heterocycles. The van der Waals surface area contributed by atoms with Crippen molar-refractivity contribution in [2.45, 2.75) is 59.1 Å². The Bertz CT molecular complexity index is 748. The van der Waals surface area contributed by atoms with E-state index >= 15 is 0 Å². The van der Waals surface area contributed by atoms with Gasteiger partial charge in [-0.3, -0.25) is 4.79 Å². The number of unbranched alkanes of at least 4 members (excludes halogenated alkanes) is 1. The van der Waals surface area contributed by atoms with E-state index in [0.29, 0.717) is 18.8 Å².